The van der Waals surface area contributed by atoms with Crippen molar-refractivity contribution in [1.29, 1.82) is 5.26 Å². The van der Waals surface area contributed by atoms with Crippen LogP contribution in [0.3, 0.4) is 0 Å². The molecule has 0 radical (unpaired) electrons. The molecule has 0 spiro atoms. The smallest absolute Gasteiger partial charge is 0.104 e. The molecule has 2 N–H and O–H groups in total. The van der Waals surface area contributed by atoms with Crippen LogP contribution in [0.2, 0.25) is 0 Å². The van der Waals surface area contributed by atoms with Gasteiger partial charge in [0.05, 0.1) is 6.07 Å². The van der Waals surface area contributed by atoms with Crippen LogP contribution in [0.15, 0.2) is 0 Å². The summed E-state index contributed by atoms with van der Waals surface area (Å²) in [6.45, 7) is 5.22. The van der Waals surface area contributed by atoms with E-state index in [0.29, 0.717) is 5.92 Å². The van der Waals surface area contributed by atoms with Gasteiger partial charge in [-0.2, -0.15) is 17.0 Å². The molecule has 0 aliphatic heterocycles. The van der Waals surface area contributed by atoms with Crippen molar-refractivity contribution in [3.63, 3.8) is 0 Å². The highest BCUT2D eigenvalue weighted by atomic mass is 32.2. The second kappa shape index (κ2) is 9.32. The third kappa shape index (κ3) is 7.19. The van der Waals surface area contributed by atoms with Gasteiger partial charge in [-0.15, -0.1) is 0 Å². The molecule has 0 saturated heterocycles. The monoisotopic (exact) mass is 216 g/mol. The summed E-state index contributed by atoms with van der Waals surface area (Å²) < 4.78 is 0. The first kappa shape index (κ1) is 13.8. The minimum Gasteiger partial charge on any atom is -0.396 e. The molecule has 0 aromatic rings. The molecule has 0 aromatic carbocycles. The molecule has 14 heavy (non-hydrogen) atoms. The van der Waals surface area contributed by atoms with Gasteiger partial charge in [0.25, 0.3) is 0 Å². The molecule has 0 heterocycles. The van der Waals surface area contributed by atoms with Crippen LogP contribution in [0.4, 0.5) is 0 Å². The predicted molar refractivity (Wildman–Crippen MR) is 61.3 cm³/mol. The van der Waals surface area contributed by atoms with Gasteiger partial charge >= 0.3 is 0 Å². The summed E-state index contributed by atoms with van der Waals surface area (Å²) in [7, 11) is 0. The lowest BCUT2D eigenvalue weighted by Gasteiger charge is -2.11. The average molecular weight is 216 g/mol. The molecule has 0 fully saturated rings. The van der Waals surface area contributed by atoms with Crippen LogP contribution >= 0.6 is 11.8 Å². The molecule has 0 aliphatic rings. The van der Waals surface area contributed by atoms with Gasteiger partial charge in [0.15, 0.2) is 0 Å². The number of hydrogen-bond acceptors (Lipinski definition) is 4. The molecule has 0 bridgehead atoms. The molecule has 4 heteroatoms. The quantitative estimate of drug-likeness (QED) is 0.641. The zero-order valence-corrected chi connectivity index (χ0v) is 9.81. The zero-order valence-electron chi connectivity index (χ0n) is 8.99. The number of rotatable bonds is 8. The van der Waals surface area contributed by atoms with Crippen molar-refractivity contribution >= 4 is 11.8 Å². The number of thioether (sulfide) groups is 1. The maximum atomic E-state index is 8.80. The minimum atomic E-state index is -0.0501. The fourth-order valence-corrected chi connectivity index (χ4v) is 1.97. The van der Waals surface area contributed by atoms with E-state index in [1.54, 1.807) is 11.8 Å². The van der Waals surface area contributed by atoms with Crippen molar-refractivity contribution in [2.24, 2.45) is 5.92 Å². The maximum absolute atomic E-state index is 8.80. The van der Waals surface area contributed by atoms with Crippen molar-refractivity contribution in [2.75, 3.05) is 24.7 Å². The van der Waals surface area contributed by atoms with Crippen LogP contribution in [-0.4, -0.2) is 35.8 Å². The molecule has 3 nitrogen and oxygen atoms in total. The van der Waals surface area contributed by atoms with E-state index in [4.69, 9.17) is 10.4 Å². The van der Waals surface area contributed by atoms with Gasteiger partial charge in [-0.3, -0.25) is 0 Å². The van der Waals surface area contributed by atoms with E-state index >= 15 is 0 Å². The maximum Gasteiger partial charge on any atom is 0.104 e. The van der Waals surface area contributed by atoms with Crippen LogP contribution in [-0.2, 0) is 0 Å². The summed E-state index contributed by atoms with van der Waals surface area (Å²) in [5, 5.41) is 20.8. The van der Waals surface area contributed by atoms with Crippen molar-refractivity contribution in [1.82, 2.24) is 5.32 Å². The molecule has 2 unspecified atom stereocenters. The van der Waals surface area contributed by atoms with Crippen molar-refractivity contribution < 1.29 is 5.11 Å². The van der Waals surface area contributed by atoms with Gasteiger partial charge in [-0.25, -0.2) is 0 Å². The van der Waals surface area contributed by atoms with E-state index in [-0.39, 0.29) is 12.6 Å². The molecule has 0 aliphatic carbocycles. The largest absolute Gasteiger partial charge is 0.396 e. The van der Waals surface area contributed by atoms with Gasteiger partial charge in [-0.1, -0.05) is 13.8 Å². The lowest BCUT2D eigenvalue weighted by atomic mass is 10.2. The first-order valence-electron chi connectivity index (χ1n) is 5.06. The summed E-state index contributed by atoms with van der Waals surface area (Å²) in [4.78, 5) is 0. The fourth-order valence-electron chi connectivity index (χ4n) is 0.900. The molecule has 82 valence electrons. The number of aliphatic hydroxyl groups is 1. The Balaban J connectivity index is 3.48. The lowest BCUT2D eigenvalue weighted by molar-refractivity contribution is 0.250. The Morgan fingerprint density at radius 1 is 1.50 bits per heavy atom. The predicted octanol–water partition coefficient (Wildman–Crippen LogP) is 1.24. The average Bonchev–Trinajstić information content (AvgIpc) is 2.22. The molecule has 0 rings (SSSR count). The normalized spacial score (nSPS) is 14.7. The Bertz CT molecular complexity index is 170. The number of nitrogens with one attached hydrogen (secondary N) is 1. The Labute approximate surface area is 90.9 Å². The summed E-state index contributed by atoms with van der Waals surface area (Å²) in [6, 6.07) is 2.18. The standard InChI is InChI=1S/C10H20N2OS/c1-3-4-12-10(5-11)8-14-7-9(2)6-13/h9-10,12-13H,3-4,6-8H2,1-2H3. The molecule has 2 atom stereocenters. The second-order valence-corrected chi connectivity index (χ2v) is 4.54. The van der Waals surface area contributed by atoms with Crippen LogP contribution < -0.4 is 5.32 Å². The molecule has 0 amide bonds. The van der Waals surface area contributed by atoms with Crippen LogP contribution in [0.1, 0.15) is 20.3 Å². The fraction of sp³-hybridized carbons (Fsp3) is 0.900. The van der Waals surface area contributed by atoms with E-state index in [9.17, 15) is 0 Å². The number of nitrogens with zero attached hydrogens (tertiary/aromatic N) is 1. The van der Waals surface area contributed by atoms with Crippen LogP contribution in [0, 0.1) is 17.2 Å². The number of nitriles is 1. The van der Waals surface area contributed by atoms with Gasteiger partial charge in [-0.05, 0) is 24.6 Å². The first-order valence-corrected chi connectivity index (χ1v) is 6.21. The Morgan fingerprint density at radius 3 is 2.71 bits per heavy atom. The highest BCUT2D eigenvalue weighted by molar-refractivity contribution is 7.99. The Hall–Kier alpha value is -0.240. The Kier molecular flexibility index (Phi) is 9.16. The highest BCUT2D eigenvalue weighted by Crippen LogP contribution is 2.08. The highest BCUT2D eigenvalue weighted by Gasteiger charge is 2.07. The van der Waals surface area contributed by atoms with Crippen LogP contribution in [0.5, 0.6) is 0 Å². The third-order valence-electron chi connectivity index (χ3n) is 1.80. The Morgan fingerprint density at radius 2 is 2.21 bits per heavy atom. The van der Waals surface area contributed by atoms with Gasteiger partial charge in [0.1, 0.15) is 6.04 Å². The third-order valence-corrected chi connectivity index (χ3v) is 3.17. The molecule has 0 saturated carbocycles. The minimum absolute atomic E-state index is 0.0501. The topological polar surface area (TPSA) is 56.0 Å². The zero-order chi connectivity index (χ0) is 10.8. The molecular formula is C10H20N2OS. The van der Waals surface area contributed by atoms with Crippen molar-refractivity contribution in [3.05, 3.63) is 0 Å². The molecular weight excluding hydrogens is 196 g/mol. The summed E-state index contributed by atoms with van der Waals surface area (Å²) in [6.07, 6.45) is 1.05. The van der Waals surface area contributed by atoms with Gasteiger partial charge in [0.2, 0.25) is 0 Å². The summed E-state index contributed by atoms with van der Waals surface area (Å²) >= 11 is 1.72. The lowest BCUT2D eigenvalue weighted by Crippen LogP contribution is -2.30. The number of aliphatic hydroxyl groups excluding tert-OH is 1. The first-order chi connectivity index (χ1) is 6.74. The summed E-state index contributed by atoms with van der Waals surface area (Å²) in [5.74, 6) is 2.05. The van der Waals surface area contributed by atoms with Crippen molar-refractivity contribution in [2.45, 2.75) is 26.3 Å². The van der Waals surface area contributed by atoms with E-state index < -0.39 is 0 Å². The SMILES string of the molecule is CCCNC(C#N)CSCC(C)CO. The van der Waals surface area contributed by atoms with Gasteiger partial charge in [0, 0.05) is 12.4 Å². The second-order valence-electron chi connectivity index (χ2n) is 3.46. The van der Waals surface area contributed by atoms with Gasteiger partial charge < -0.3 is 10.4 Å². The van der Waals surface area contributed by atoms with E-state index in [0.717, 1.165) is 24.5 Å². The van der Waals surface area contributed by atoms with Crippen molar-refractivity contribution in [3.8, 4) is 6.07 Å². The summed E-state index contributed by atoms with van der Waals surface area (Å²) in [5.41, 5.74) is 0. The van der Waals surface area contributed by atoms with E-state index in [1.165, 1.54) is 0 Å². The molecule has 0 aromatic heterocycles. The van der Waals surface area contributed by atoms with Crippen LogP contribution in [0.25, 0.3) is 0 Å². The van der Waals surface area contributed by atoms with E-state index in [2.05, 4.69) is 18.3 Å². The number of hydrogen-bond donors (Lipinski definition) is 2. The van der Waals surface area contributed by atoms with E-state index in [1.807, 2.05) is 6.92 Å².